The first kappa shape index (κ1) is 10.3. The number of fused-ring (bicyclic) bond motifs is 2. The molecule has 0 aliphatic heterocycles. The molecule has 16 heavy (non-hydrogen) atoms. The number of hydrogen-bond donors (Lipinski definition) is 1. The molecular weight excluding hydrogens is 202 g/mol. The lowest BCUT2D eigenvalue weighted by Gasteiger charge is -2.17. The number of hydrogen-bond acceptors (Lipinski definition) is 4. The molecule has 2 fully saturated rings. The van der Waals surface area contributed by atoms with Crippen molar-refractivity contribution >= 4 is 0 Å². The first-order valence-corrected chi connectivity index (χ1v) is 6.37. The summed E-state index contributed by atoms with van der Waals surface area (Å²) in [7, 11) is 0. The van der Waals surface area contributed by atoms with Crippen molar-refractivity contribution in [3.63, 3.8) is 0 Å². The van der Waals surface area contributed by atoms with Crippen LogP contribution in [0.4, 0.5) is 0 Å². The van der Waals surface area contributed by atoms with Crippen molar-refractivity contribution in [1.82, 2.24) is 10.1 Å². The van der Waals surface area contributed by atoms with E-state index >= 15 is 0 Å². The smallest absolute Gasteiger partial charge is 0.243 e. The predicted molar refractivity (Wildman–Crippen MR) is 59.7 cm³/mol. The van der Waals surface area contributed by atoms with Gasteiger partial charge in [0.25, 0.3) is 0 Å². The summed E-state index contributed by atoms with van der Waals surface area (Å²) < 4.78 is 5.25. The number of aromatic nitrogens is 2. The molecule has 2 saturated carbocycles. The van der Waals surface area contributed by atoms with Crippen LogP contribution in [0.1, 0.15) is 62.7 Å². The maximum Gasteiger partial charge on any atom is 0.243 e. The van der Waals surface area contributed by atoms with Gasteiger partial charge in [-0.3, -0.25) is 0 Å². The fraction of sp³-hybridized carbons (Fsp3) is 0.833. The van der Waals surface area contributed by atoms with E-state index in [-0.39, 0.29) is 6.04 Å². The molecule has 2 aliphatic rings. The number of nitrogens with two attached hydrogens (primary N) is 1. The summed E-state index contributed by atoms with van der Waals surface area (Å²) in [5.41, 5.74) is 5.89. The maximum atomic E-state index is 5.89. The first-order valence-electron chi connectivity index (χ1n) is 6.37. The fourth-order valence-corrected chi connectivity index (χ4v) is 3.28. The van der Waals surface area contributed by atoms with Gasteiger partial charge in [-0.05, 0) is 37.5 Å². The largest absolute Gasteiger partial charge is 0.338 e. The van der Waals surface area contributed by atoms with E-state index < -0.39 is 0 Å². The highest BCUT2D eigenvalue weighted by atomic mass is 16.5. The second-order valence-electron chi connectivity index (χ2n) is 5.29. The molecule has 1 aromatic rings. The number of nitrogens with zero attached hydrogens (tertiary/aromatic N) is 2. The zero-order valence-corrected chi connectivity index (χ0v) is 9.72. The summed E-state index contributed by atoms with van der Waals surface area (Å²) in [5, 5.41) is 4.12. The number of rotatable bonds is 3. The standard InChI is InChI=1S/C12H19N3O/c1-2-10(13)12-14-11(15-16-12)9-6-7-3-4-8(9)5-7/h7-10H,2-6,13H2,1H3/t7?,8?,9?,10-/m0/s1. The van der Waals surface area contributed by atoms with Crippen molar-refractivity contribution in [3.05, 3.63) is 11.7 Å². The Morgan fingerprint density at radius 1 is 1.44 bits per heavy atom. The molecule has 3 unspecified atom stereocenters. The molecule has 0 radical (unpaired) electrons. The van der Waals surface area contributed by atoms with E-state index in [1.54, 1.807) is 0 Å². The van der Waals surface area contributed by atoms with Crippen LogP contribution in [0, 0.1) is 11.8 Å². The van der Waals surface area contributed by atoms with Crippen molar-refractivity contribution < 1.29 is 4.52 Å². The van der Waals surface area contributed by atoms with Crippen molar-refractivity contribution in [2.45, 2.75) is 51.0 Å². The van der Waals surface area contributed by atoms with Crippen LogP contribution in [0.2, 0.25) is 0 Å². The van der Waals surface area contributed by atoms with Crippen molar-refractivity contribution in [1.29, 1.82) is 0 Å². The normalized spacial score (nSPS) is 34.5. The zero-order valence-electron chi connectivity index (χ0n) is 9.72. The molecule has 2 N–H and O–H groups in total. The molecule has 2 aliphatic carbocycles. The Bertz CT molecular complexity index is 376. The molecular formula is C12H19N3O. The SMILES string of the molecule is CC[C@H](N)c1nc(C2CC3CCC2C3)no1. The van der Waals surface area contributed by atoms with Gasteiger partial charge in [0.2, 0.25) is 5.89 Å². The fourth-order valence-electron chi connectivity index (χ4n) is 3.28. The van der Waals surface area contributed by atoms with Gasteiger partial charge in [0.15, 0.2) is 5.82 Å². The molecule has 0 saturated heterocycles. The average molecular weight is 221 g/mol. The Balaban J connectivity index is 1.77. The van der Waals surface area contributed by atoms with Crippen LogP contribution in [-0.4, -0.2) is 10.1 Å². The summed E-state index contributed by atoms with van der Waals surface area (Å²) in [6.07, 6.45) is 6.22. The van der Waals surface area contributed by atoms with E-state index in [4.69, 9.17) is 10.3 Å². The summed E-state index contributed by atoms with van der Waals surface area (Å²) in [5.74, 6) is 3.77. The lowest BCUT2D eigenvalue weighted by atomic mass is 9.88. The highest BCUT2D eigenvalue weighted by Crippen LogP contribution is 2.52. The van der Waals surface area contributed by atoms with Crippen LogP contribution in [0.5, 0.6) is 0 Å². The minimum Gasteiger partial charge on any atom is -0.338 e. The van der Waals surface area contributed by atoms with Gasteiger partial charge in [0.1, 0.15) is 0 Å². The second-order valence-corrected chi connectivity index (χ2v) is 5.29. The highest BCUT2D eigenvalue weighted by molar-refractivity contribution is 5.07. The molecule has 0 amide bonds. The van der Waals surface area contributed by atoms with Gasteiger partial charge in [-0.25, -0.2) is 0 Å². The van der Waals surface area contributed by atoms with Gasteiger partial charge < -0.3 is 10.3 Å². The van der Waals surface area contributed by atoms with Crippen molar-refractivity contribution in [3.8, 4) is 0 Å². The van der Waals surface area contributed by atoms with E-state index in [0.29, 0.717) is 11.8 Å². The Morgan fingerprint density at radius 2 is 2.31 bits per heavy atom. The van der Waals surface area contributed by atoms with E-state index in [9.17, 15) is 0 Å². The van der Waals surface area contributed by atoms with Crippen molar-refractivity contribution in [2.24, 2.45) is 17.6 Å². The van der Waals surface area contributed by atoms with Crippen molar-refractivity contribution in [2.75, 3.05) is 0 Å². The van der Waals surface area contributed by atoms with E-state index in [1.165, 1.54) is 25.7 Å². The summed E-state index contributed by atoms with van der Waals surface area (Å²) in [6.45, 7) is 2.03. The van der Waals surface area contributed by atoms with Gasteiger partial charge in [-0.15, -0.1) is 0 Å². The predicted octanol–water partition coefficient (Wildman–Crippen LogP) is 2.38. The molecule has 2 bridgehead atoms. The van der Waals surface area contributed by atoms with Crippen LogP contribution in [0.25, 0.3) is 0 Å². The molecule has 4 heteroatoms. The lowest BCUT2D eigenvalue weighted by Crippen LogP contribution is -2.12. The third-order valence-corrected chi connectivity index (χ3v) is 4.28. The van der Waals surface area contributed by atoms with E-state index in [0.717, 1.165) is 24.1 Å². The second kappa shape index (κ2) is 3.84. The monoisotopic (exact) mass is 221 g/mol. The maximum absolute atomic E-state index is 5.89. The summed E-state index contributed by atoms with van der Waals surface area (Å²) >= 11 is 0. The van der Waals surface area contributed by atoms with Crippen LogP contribution < -0.4 is 5.73 Å². The third-order valence-electron chi connectivity index (χ3n) is 4.28. The molecule has 0 spiro atoms. The van der Waals surface area contributed by atoms with Crippen LogP contribution in [0.3, 0.4) is 0 Å². The summed E-state index contributed by atoms with van der Waals surface area (Å²) in [4.78, 5) is 4.48. The van der Waals surface area contributed by atoms with Gasteiger partial charge in [-0.1, -0.05) is 18.5 Å². The Kier molecular flexibility index (Phi) is 2.46. The quantitative estimate of drug-likeness (QED) is 0.851. The topological polar surface area (TPSA) is 64.9 Å². The summed E-state index contributed by atoms with van der Waals surface area (Å²) in [6, 6.07) is -0.0974. The molecule has 4 nitrogen and oxygen atoms in total. The van der Waals surface area contributed by atoms with Crippen LogP contribution >= 0.6 is 0 Å². The lowest BCUT2D eigenvalue weighted by molar-refractivity contribution is 0.336. The molecule has 3 rings (SSSR count). The van der Waals surface area contributed by atoms with Crippen LogP contribution in [-0.2, 0) is 0 Å². The van der Waals surface area contributed by atoms with E-state index in [2.05, 4.69) is 10.1 Å². The Morgan fingerprint density at radius 3 is 2.94 bits per heavy atom. The Hall–Kier alpha value is -0.900. The molecule has 4 atom stereocenters. The Labute approximate surface area is 95.6 Å². The molecule has 1 aromatic heterocycles. The van der Waals surface area contributed by atoms with Gasteiger partial charge in [0.05, 0.1) is 6.04 Å². The van der Waals surface area contributed by atoms with Gasteiger partial charge in [0, 0.05) is 5.92 Å². The minimum absolute atomic E-state index is 0.0974. The molecule has 0 aromatic carbocycles. The van der Waals surface area contributed by atoms with Gasteiger partial charge >= 0.3 is 0 Å². The highest BCUT2D eigenvalue weighted by Gasteiger charge is 2.42. The molecule has 1 heterocycles. The minimum atomic E-state index is -0.0974. The van der Waals surface area contributed by atoms with Gasteiger partial charge in [-0.2, -0.15) is 4.98 Å². The first-order chi connectivity index (χ1) is 7.78. The average Bonchev–Trinajstić information content (AvgIpc) is 3.02. The van der Waals surface area contributed by atoms with E-state index in [1.807, 2.05) is 6.92 Å². The zero-order chi connectivity index (χ0) is 11.1. The van der Waals surface area contributed by atoms with Crippen LogP contribution in [0.15, 0.2) is 4.52 Å². The molecule has 88 valence electrons. The third kappa shape index (κ3) is 1.56.